The fourth-order valence-corrected chi connectivity index (χ4v) is 3.65. The summed E-state index contributed by atoms with van der Waals surface area (Å²) < 4.78 is 5.30. The molecule has 1 aromatic rings. The van der Waals surface area contributed by atoms with E-state index < -0.39 is 23.8 Å². The first-order valence-electron chi connectivity index (χ1n) is 11.6. The standard InChI is InChI=1S/C25H39N3O4/c1-8-9-17(3)26-22(29)21(19-12-10-16(2)11-13-19)28(20-14-15-20)23(30)18(4)27-24(31)32-25(5,6)7/h10-13,17-18,20-21H,8-9,14-15H2,1-7H3,(H,26,29)(H,27,31). The largest absolute Gasteiger partial charge is 0.444 e. The van der Waals surface area contributed by atoms with Crippen molar-refractivity contribution in [3.05, 3.63) is 35.4 Å². The Kier molecular flexibility index (Phi) is 8.70. The second-order valence-corrected chi connectivity index (χ2v) is 9.86. The topological polar surface area (TPSA) is 87.7 Å². The van der Waals surface area contributed by atoms with E-state index in [1.54, 1.807) is 32.6 Å². The summed E-state index contributed by atoms with van der Waals surface area (Å²) in [5.41, 5.74) is 1.18. The molecule has 0 radical (unpaired) electrons. The maximum atomic E-state index is 13.5. The molecule has 0 bridgehead atoms. The Balaban J connectivity index is 2.30. The molecule has 0 spiro atoms. The van der Waals surface area contributed by atoms with Crippen molar-refractivity contribution in [2.45, 2.75) is 104 Å². The van der Waals surface area contributed by atoms with Crippen LogP contribution in [0.2, 0.25) is 0 Å². The highest BCUT2D eigenvalue weighted by atomic mass is 16.6. The number of carbonyl (C=O) groups is 3. The Bertz CT molecular complexity index is 796. The van der Waals surface area contributed by atoms with Gasteiger partial charge in [-0.15, -0.1) is 0 Å². The van der Waals surface area contributed by atoms with E-state index >= 15 is 0 Å². The van der Waals surface area contributed by atoms with Crippen LogP contribution in [0.5, 0.6) is 0 Å². The zero-order chi connectivity index (χ0) is 24.1. The Labute approximate surface area is 192 Å². The molecule has 1 fully saturated rings. The van der Waals surface area contributed by atoms with E-state index in [1.807, 2.05) is 38.1 Å². The van der Waals surface area contributed by atoms with Crippen molar-refractivity contribution >= 4 is 17.9 Å². The van der Waals surface area contributed by atoms with Gasteiger partial charge in [-0.3, -0.25) is 9.59 Å². The molecule has 0 aliphatic heterocycles. The van der Waals surface area contributed by atoms with Gasteiger partial charge in [0.25, 0.3) is 0 Å². The first kappa shape index (κ1) is 25.7. The summed E-state index contributed by atoms with van der Waals surface area (Å²) in [6, 6.07) is 6.11. The highest BCUT2D eigenvalue weighted by Gasteiger charge is 2.43. The molecule has 7 nitrogen and oxygen atoms in total. The molecule has 2 N–H and O–H groups in total. The molecule has 2 rings (SSSR count). The van der Waals surface area contributed by atoms with E-state index in [2.05, 4.69) is 17.6 Å². The van der Waals surface area contributed by atoms with Gasteiger partial charge in [-0.05, 0) is 66.4 Å². The number of carbonyl (C=O) groups excluding carboxylic acids is 3. The highest BCUT2D eigenvalue weighted by Crippen LogP contribution is 2.35. The van der Waals surface area contributed by atoms with Gasteiger partial charge >= 0.3 is 6.09 Å². The first-order valence-corrected chi connectivity index (χ1v) is 11.6. The van der Waals surface area contributed by atoms with Crippen LogP contribution in [0.1, 0.15) is 84.4 Å². The summed E-state index contributed by atoms with van der Waals surface area (Å²) in [4.78, 5) is 40.8. The second kappa shape index (κ2) is 10.8. The van der Waals surface area contributed by atoms with E-state index in [4.69, 9.17) is 4.74 Å². The molecule has 0 heterocycles. The Morgan fingerprint density at radius 1 is 1.09 bits per heavy atom. The molecule has 32 heavy (non-hydrogen) atoms. The predicted octanol–water partition coefficient (Wildman–Crippen LogP) is 4.25. The molecule has 0 aromatic heterocycles. The minimum atomic E-state index is -0.820. The van der Waals surface area contributed by atoms with Gasteiger partial charge in [0.1, 0.15) is 17.7 Å². The van der Waals surface area contributed by atoms with Crippen molar-refractivity contribution in [3.63, 3.8) is 0 Å². The Morgan fingerprint density at radius 3 is 2.19 bits per heavy atom. The van der Waals surface area contributed by atoms with Crippen LogP contribution in [0.3, 0.4) is 0 Å². The van der Waals surface area contributed by atoms with E-state index in [1.165, 1.54) is 0 Å². The van der Waals surface area contributed by atoms with Crippen molar-refractivity contribution < 1.29 is 19.1 Å². The molecule has 1 aliphatic rings. The SMILES string of the molecule is CCCC(C)NC(=O)C(c1ccc(C)cc1)N(C(=O)C(C)NC(=O)OC(C)(C)C)C1CC1. The fourth-order valence-electron chi connectivity index (χ4n) is 3.65. The third kappa shape index (κ3) is 7.53. The summed E-state index contributed by atoms with van der Waals surface area (Å²) in [5, 5.41) is 5.71. The number of ether oxygens (including phenoxy) is 1. The molecule has 1 aromatic carbocycles. The van der Waals surface area contributed by atoms with Gasteiger partial charge in [0, 0.05) is 12.1 Å². The lowest BCUT2D eigenvalue weighted by molar-refractivity contribution is -0.143. The van der Waals surface area contributed by atoms with Crippen LogP contribution in [0.15, 0.2) is 24.3 Å². The van der Waals surface area contributed by atoms with Gasteiger partial charge in [-0.2, -0.15) is 0 Å². The van der Waals surface area contributed by atoms with E-state index in [9.17, 15) is 14.4 Å². The highest BCUT2D eigenvalue weighted by molar-refractivity contribution is 5.92. The monoisotopic (exact) mass is 445 g/mol. The maximum absolute atomic E-state index is 13.5. The number of benzene rings is 1. The average molecular weight is 446 g/mol. The molecule has 7 heteroatoms. The van der Waals surface area contributed by atoms with Gasteiger partial charge in [0.05, 0.1) is 0 Å². The molecule has 178 valence electrons. The van der Waals surface area contributed by atoms with Crippen molar-refractivity contribution in [1.29, 1.82) is 0 Å². The summed E-state index contributed by atoms with van der Waals surface area (Å²) in [5.74, 6) is -0.484. The van der Waals surface area contributed by atoms with Gasteiger partial charge in [0.2, 0.25) is 11.8 Å². The molecule has 1 saturated carbocycles. The molecule has 1 aliphatic carbocycles. The zero-order valence-electron chi connectivity index (χ0n) is 20.5. The number of alkyl carbamates (subject to hydrolysis) is 1. The zero-order valence-corrected chi connectivity index (χ0v) is 20.5. The number of amides is 3. The smallest absolute Gasteiger partial charge is 0.408 e. The van der Waals surface area contributed by atoms with Gasteiger partial charge < -0.3 is 20.3 Å². The lowest BCUT2D eigenvalue weighted by Gasteiger charge is -2.34. The summed E-state index contributed by atoms with van der Waals surface area (Å²) >= 11 is 0. The molecular weight excluding hydrogens is 406 g/mol. The predicted molar refractivity (Wildman–Crippen MR) is 125 cm³/mol. The average Bonchev–Trinajstić information content (AvgIpc) is 3.49. The summed E-state index contributed by atoms with van der Waals surface area (Å²) in [7, 11) is 0. The molecule has 3 amide bonds. The second-order valence-electron chi connectivity index (χ2n) is 9.86. The van der Waals surface area contributed by atoms with E-state index in [0.29, 0.717) is 0 Å². The van der Waals surface area contributed by atoms with E-state index in [0.717, 1.165) is 36.8 Å². The molecular formula is C25H39N3O4. The van der Waals surface area contributed by atoms with Gasteiger partial charge in [-0.25, -0.2) is 4.79 Å². The van der Waals surface area contributed by atoms with Crippen molar-refractivity contribution in [2.24, 2.45) is 0 Å². The molecule has 3 atom stereocenters. The minimum Gasteiger partial charge on any atom is -0.444 e. The summed E-state index contributed by atoms with van der Waals surface area (Å²) in [6.45, 7) is 13.0. The number of hydrogen-bond acceptors (Lipinski definition) is 4. The molecule has 0 saturated heterocycles. The normalized spacial score (nSPS) is 16.5. The number of nitrogens with one attached hydrogen (secondary N) is 2. The third-order valence-electron chi connectivity index (χ3n) is 5.33. The van der Waals surface area contributed by atoms with Gasteiger partial charge in [0.15, 0.2) is 0 Å². The quantitative estimate of drug-likeness (QED) is 0.595. The maximum Gasteiger partial charge on any atom is 0.408 e. The Morgan fingerprint density at radius 2 is 1.69 bits per heavy atom. The number of rotatable bonds is 9. The van der Waals surface area contributed by atoms with Crippen molar-refractivity contribution in [2.75, 3.05) is 0 Å². The number of nitrogens with zero attached hydrogens (tertiary/aromatic N) is 1. The number of aryl methyl sites for hydroxylation is 1. The van der Waals surface area contributed by atoms with Crippen molar-refractivity contribution in [1.82, 2.24) is 15.5 Å². The lowest BCUT2D eigenvalue weighted by Crippen LogP contribution is -2.53. The number of hydrogen-bond donors (Lipinski definition) is 2. The van der Waals surface area contributed by atoms with Crippen LogP contribution in [0.4, 0.5) is 4.79 Å². The van der Waals surface area contributed by atoms with E-state index in [-0.39, 0.29) is 23.9 Å². The van der Waals surface area contributed by atoms with Gasteiger partial charge in [-0.1, -0.05) is 43.2 Å². The lowest BCUT2D eigenvalue weighted by atomic mass is 10.0. The van der Waals surface area contributed by atoms with Crippen molar-refractivity contribution in [3.8, 4) is 0 Å². The Hall–Kier alpha value is -2.57. The van der Waals surface area contributed by atoms with Crippen LogP contribution in [-0.2, 0) is 14.3 Å². The van der Waals surface area contributed by atoms with Crippen LogP contribution < -0.4 is 10.6 Å². The van der Waals surface area contributed by atoms with Crippen LogP contribution >= 0.6 is 0 Å². The first-order chi connectivity index (χ1) is 14.9. The molecule has 3 unspecified atom stereocenters. The fraction of sp³-hybridized carbons (Fsp3) is 0.640. The van der Waals surface area contributed by atoms with Crippen LogP contribution in [0, 0.1) is 6.92 Å². The minimum absolute atomic E-state index is 0.00825. The third-order valence-corrected chi connectivity index (χ3v) is 5.33. The van der Waals surface area contributed by atoms with Crippen LogP contribution in [0.25, 0.3) is 0 Å². The van der Waals surface area contributed by atoms with Crippen LogP contribution in [-0.4, -0.2) is 46.5 Å². The summed E-state index contributed by atoms with van der Waals surface area (Å²) in [6.07, 6.45) is 2.84.